The van der Waals surface area contributed by atoms with Crippen LogP contribution in [0.1, 0.15) is 35.1 Å². The van der Waals surface area contributed by atoms with Crippen LogP contribution in [0.5, 0.6) is 23.0 Å². The van der Waals surface area contributed by atoms with Gasteiger partial charge in [-0.25, -0.2) is 0 Å². The van der Waals surface area contributed by atoms with Gasteiger partial charge in [-0.05, 0) is 98.8 Å². The van der Waals surface area contributed by atoms with Gasteiger partial charge in [0.15, 0.2) is 23.0 Å². The Morgan fingerprint density at radius 1 is 0.448 bits per heavy atom. The van der Waals surface area contributed by atoms with Crippen LogP contribution in [0.2, 0.25) is 0 Å². The van der Waals surface area contributed by atoms with Crippen molar-refractivity contribution in [1.82, 2.24) is 0 Å². The number of allylic oxidation sites excluding steroid dienone is 4. The van der Waals surface area contributed by atoms with Crippen LogP contribution in [-0.2, 0) is 5.41 Å². The molecule has 8 aromatic carbocycles. The van der Waals surface area contributed by atoms with E-state index in [4.69, 9.17) is 9.47 Å². The van der Waals surface area contributed by atoms with E-state index in [1.807, 2.05) is 0 Å². The Labute approximate surface area is 338 Å². The number of benzene rings is 8. The fraction of sp³-hybridized carbons (Fsp3) is 0.0545. The topological polar surface area (TPSA) is 21.7 Å². The van der Waals surface area contributed by atoms with Crippen LogP contribution in [0.3, 0.4) is 0 Å². The van der Waals surface area contributed by atoms with Gasteiger partial charge in [0.2, 0.25) is 0 Å². The molecule has 0 radical (unpaired) electrons. The van der Waals surface area contributed by atoms with Gasteiger partial charge in [0.25, 0.3) is 0 Å². The molecule has 3 aliphatic carbocycles. The predicted octanol–water partition coefficient (Wildman–Crippen LogP) is 14.6. The standard InChI is InChI=1S/C55H37NO2/c1-3-15-36(16-4-1)37-27-29-38(30-28-37)41-19-10-14-26-49(41)56(39-17-5-2-6-18-39)40-31-33-50-52(35-40)58-54-51(57-50)34-32-48-53(54)44-22-9-13-25-47(44)55(48)45-23-11-7-20-42(45)43-21-8-12-24-46(43)55/h1-5,7-17,19-35H,6,18H2. The van der Waals surface area contributed by atoms with Gasteiger partial charge in [-0.15, -0.1) is 0 Å². The van der Waals surface area contributed by atoms with Crippen molar-refractivity contribution in [1.29, 1.82) is 0 Å². The minimum absolute atomic E-state index is 0.458. The van der Waals surface area contributed by atoms with Crippen molar-refractivity contribution in [3.63, 3.8) is 0 Å². The third-order valence-corrected chi connectivity index (χ3v) is 12.4. The third kappa shape index (κ3) is 4.74. The van der Waals surface area contributed by atoms with Crippen molar-refractivity contribution in [3.8, 4) is 67.5 Å². The Bertz CT molecular complexity index is 2970. The van der Waals surface area contributed by atoms with E-state index in [1.165, 1.54) is 55.8 Å². The maximum Gasteiger partial charge on any atom is 0.178 e. The smallest absolute Gasteiger partial charge is 0.178 e. The molecule has 8 aromatic rings. The molecule has 0 saturated carbocycles. The Kier molecular flexibility index (Phi) is 7.27. The maximum absolute atomic E-state index is 7.15. The summed E-state index contributed by atoms with van der Waals surface area (Å²) < 4.78 is 13.9. The number of anilines is 2. The molecule has 0 amide bonds. The summed E-state index contributed by atoms with van der Waals surface area (Å²) in [6, 6.07) is 65.6. The first kappa shape index (κ1) is 32.8. The number of para-hydroxylation sites is 1. The predicted molar refractivity (Wildman–Crippen MR) is 235 cm³/mol. The van der Waals surface area contributed by atoms with Gasteiger partial charge in [0.05, 0.1) is 11.1 Å². The molecule has 58 heavy (non-hydrogen) atoms. The fourth-order valence-electron chi connectivity index (χ4n) is 9.96. The molecule has 12 rings (SSSR count). The van der Waals surface area contributed by atoms with E-state index in [0.29, 0.717) is 11.5 Å². The van der Waals surface area contributed by atoms with Crippen molar-refractivity contribution in [3.05, 3.63) is 228 Å². The van der Waals surface area contributed by atoms with Crippen LogP contribution in [-0.4, -0.2) is 0 Å². The van der Waals surface area contributed by atoms with Crippen molar-refractivity contribution in [2.45, 2.75) is 18.3 Å². The van der Waals surface area contributed by atoms with E-state index < -0.39 is 5.41 Å². The summed E-state index contributed by atoms with van der Waals surface area (Å²) in [5, 5.41) is 0. The number of fused-ring (bicyclic) bond motifs is 13. The lowest BCUT2D eigenvalue weighted by molar-refractivity contribution is 0.360. The van der Waals surface area contributed by atoms with Crippen LogP contribution in [0.4, 0.5) is 11.4 Å². The molecule has 1 heterocycles. The summed E-state index contributed by atoms with van der Waals surface area (Å²) >= 11 is 0. The Morgan fingerprint density at radius 2 is 1.05 bits per heavy atom. The van der Waals surface area contributed by atoms with Gasteiger partial charge >= 0.3 is 0 Å². The van der Waals surface area contributed by atoms with E-state index in [9.17, 15) is 0 Å². The van der Waals surface area contributed by atoms with E-state index in [-0.39, 0.29) is 0 Å². The highest BCUT2D eigenvalue weighted by molar-refractivity contribution is 5.98. The van der Waals surface area contributed by atoms with Crippen molar-refractivity contribution < 1.29 is 9.47 Å². The average molecular weight is 744 g/mol. The Hall–Kier alpha value is -7.36. The number of hydrogen-bond acceptors (Lipinski definition) is 3. The van der Waals surface area contributed by atoms with Crippen molar-refractivity contribution in [2.75, 3.05) is 4.90 Å². The summed E-state index contributed by atoms with van der Waals surface area (Å²) in [5.41, 5.74) is 17.6. The second kappa shape index (κ2) is 12.8. The third-order valence-electron chi connectivity index (χ3n) is 12.4. The molecule has 0 unspecified atom stereocenters. The quantitative estimate of drug-likeness (QED) is 0.175. The zero-order chi connectivity index (χ0) is 38.2. The number of nitrogens with zero attached hydrogens (tertiary/aromatic N) is 1. The maximum atomic E-state index is 7.15. The number of rotatable bonds is 5. The van der Waals surface area contributed by atoms with Crippen LogP contribution in [0, 0.1) is 0 Å². The van der Waals surface area contributed by atoms with Gasteiger partial charge in [-0.3, -0.25) is 0 Å². The van der Waals surface area contributed by atoms with E-state index in [1.54, 1.807) is 0 Å². The molecular weight excluding hydrogens is 707 g/mol. The molecule has 3 heteroatoms. The van der Waals surface area contributed by atoms with Crippen LogP contribution >= 0.6 is 0 Å². The Balaban J connectivity index is 0.989. The molecule has 0 saturated heterocycles. The van der Waals surface area contributed by atoms with E-state index in [0.717, 1.165) is 52.4 Å². The minimum Gasteiger partial charge on any atom is -0.449 e. The first-order valence-corrected chi connectivity index (χ1v) is 20.1. The fourth-order valence-corrected chi connectivity index (χ4v) is 9.96. The molecule has 0 aromatic heterocycles. The van der Waals surface area contributed by atoms with Gasteiger partial charge in [-0.1, -0.05) is 164 Å². The van der Waals surface area contributed by atoms with Crippen LogP contribution in [0.25, 0.3) is 44.5 Å². The van der Waals surface area contributed by atoms with Gasteiger partial charge in [-0.2, -0.15) is 0 Å². The van der Waals surface area contributed by atoms with Crippen molar-refractivity contribution in [2.24, 2.45) is 0 Å². The second-order valence-corrected chi connectivity index (χ2v) is 15.5. The largest absolute Gasteiger partial charge is 0.449 e. The normalized spacial score (nSPS) is 14.5. The molecule has 3 nitrogen and oxygen atoms in total. The summed E-state index contributed by atoms with van der Waals surface area (Å²) in [6.07, 6.45) is 8.56. The number of hydrogen-bond donors (Lipinski definition) is 0. The van der Waals surface area contributed by atoms with E-state index in [2.05, 4.69) is 205 Å². The lowest BCUT2D eigenvalue weighted by Gasteiger charge is -2.32. The van der Waals surface area contributed by atoms with Gasteiger partial charge < -0.3 is 14.4 Å². The molecule has 0 fully saturated rings. The first-order chi connectivity index (χ1) is 28.8. The van der Waals surface area contributed by atoms with Crippen molar-refractivity contribution >= 4 is 11.4 Å². The number of ether oxygens (including phenoxy) is 2. The molecule has 0 N–H and O–H groups in total. The zero-order valence-electron chi connectivity index (χ0n) is 31.7. The zero-order valence-corrected chi connectivity index (χ0v) is 31.7. The van der Waals surface area contributed by atoms with Crippen LogP contribution < -0.4 is 14.4 Å². The lowest BCUT2D eigenvalue weighted by Crippen LogP contribution is -2.25. The lowest BCUT2D eigenvalue weighted by atomic mass is 9.70. The highest BCUT2D eigenvalue weighted by Gasteiger charge is 2.53. The molecular formula is C55H37NO2. The van der Waals surface area contributed by atoms with Gasteiger partial charge in [0, 0.05) is 28.6 Å². The molecule has 4 aliphatic rings. The second-order valence-electron chi connectivity index (χ2n) is 15.5. The molecule has 274 valence electrons. The van der Waals surface area contributed by atoms with Gasteiger partial charge in [0.1, 0.15) is 0 Å². The molecule has 0 atom stereocenters. The van der Waals surface area contributed by atoms with E-state index >= 15 is 0 Å². The summed E-state index contributed by atoms with van der Waals surface area (Å²) in [4.78, 5) is 2.40. The average Bonchev–Trinajstić information content (AvgIpc) is 3.77. The summed E-state index contributed by atoms with van der Waals surface area (Å²) in [6.45, 7) is 0. The first-order valence-electron chi connectivity index (χ1n) is 20.1. The Morgan fingerprint density at radius 3 is 1.78 bits per heavy atom. The highest BCUT2D eigenvalue weighted by atomic mass is 16.6. The SMILES string of the molecule is C1=CCCC(N(c2ccc3c(c2)Oc2c(ccc4c2-c2ccccc2C42c4ccccc4-c4ccccc42)O3)c2ccccc2-c2ccc(-c3ccccc3)cc2)=C1. The molecule has 0 bridgehead atoms. The monoisotopic (exact) mass is 743 g/mol. The molecule has 1 spiro atoms. The highest BCUT2D eigenvalue weighted by Crippen LogP contribution is 2.66. The van der Waals surface area contributed by atoms with Crippen LogP contribution in [0.15, 0.2) is 206 Å². The summed E-state index contributed by atoms with van der Waals surface area (Å²) in [7, 11) is 0. The minimum atomic E-state index is -0.458. The molecule has 1 aliphatic heterocycles. The summed E-state index contributed by atoms with van der Waals surface area (Å²) in [5.74, 6) is 2.90.